The van der Waals surface area contributed by atoms with E-state index in [1.165, 1.54) is 36.4 Å². The van der Waals surface area contributed by atoms with Crippen LogP contribution < -0.4 is 4.74 Å². The summed E-state index contributed by atoms with van der Waals surface area (Å²) in [6, 6.07) is 15.6. The number of hydrogen-bond donors (Lipinski definition) is 1. The average molecular weight is 623 g/mol. The Balaban J connectivity index is 1.40. The monoisotopic (exact) mass is 622 g/mol. The molecule has 2 aromatic heterocycles. The highest BCUT2D eigenvalue weighted by Gasteiger charge is 2.41. The van der Waals surface area contributed by atoms with Crippen molar-refractivity contribution in [2.24, 2.45) is 0 Å². The quantitative estimate of drug-likeness (QED) is 0.167. The molecular formula is C30H25F7N4O3. The van der Waals surface area contributed by atoms with Crippen LogP contribution in [0.3, 0.4) is 0 Å². The number of aromatic nitrogens is 3. The van der Waals surface area contributed by atoms with E-state index in [9.17, 15) is 35.5 Å². The molecule has 0 bridgehead atoms. The van der Waals surface area contributed by atoms with Crippen molar-refractivity contribution in [3.63, 3.8) is 0 Å². The molecule has 1 saturated heterocycles. The molecule has 7 nitrogen and oxygen atoms in total. The number of piperidine rings is 1. The van der Waals surface area contributed by atoms with Gasteiger partial charge in [-0.1, -0.05) is 36.4 Å². The number of ether oxygens (including phenoxy) is 1. The van der Waals surface area contributed by atoms with Crippen LogP contribution in [0, 0.1) is 5.82 Å². The van der Waals surface area contributed by atoms with Gasteiger partial charge < -0.3 is 14.7 Å². The van der Waals surface area contributed by atoms with E-state index >= 15 is 0 Å². The lowest BCUT2D eigenvalue weighted by Gasteiger charge is -2.32. The zero-order chi connectivity index (χ0) is 31.6. The van der Waals surface area contributed by atoms with Crippen molar-refractivity contribution in [1.82, 2.24) is 19.7 Å². The third-order valence-corrected chi connectivity index (χ3v) is 7.40. The van der Waals surface area contributed by atoms with Crippen molar-refractivity contribution in [2.75, 3.05) is 19.6 Å². The fourth-order valence-electron chi connectivity index (χ4n) is 5.32. The summed E-state index contributed by atoms with van der Waals surface area (Å²) in [5.41, 5.74) is 1.20. The number of likely N-dealkylation sites (tertiary alicyclic amines) is 1. The van der Waals surface area contributed by atoms with E-state index in [-0.39, 0.29) is 24.0 Å². The minimum Gasteiger partial charge on any atom is -0.449 e. The Kier molecular flexibility index (Phi) is 8.64. The molecule has 1 aliphatic heterocycles. The molecule has 232 valence electrons. The van der Waals surface area contributed by atoms with Crippen molar-refractivity contribution >= 4 is 6.16 Å². The van der Waals surface area contributed by atoms with Crippen LogP contribution >= 0.6 is 0 Å². The van der Waals surface area contributed by atoms with Crippen LogP contribution in [-0.2, 0) is 6.18 Å². The number of nitrogens with zero attached hydrogens (tertiary/aromatic N) is 4. The third-order valence-electron chi connectivity index (χ3n) is 7.40. The first kappa shape index (κ1) is 31.0. The van der Waals surface area contributed by atoms with Gasteiger partial charge in [-0.3, -0.25) is 0 Å². The molecule has 5 rings (SSSR count). The minimum absolute atomic E-state index is 0.0209. The summed E-state index contributed by atoms with van der Waals surface area (Å²) < 4.78 is 98.3. The van der Waals surface area contributed by atoms with Gasteiger partial charge in [-0.2, -0.15) is 31.4 Å². The molecule has 4 aromatic rings. The Morgan fingerprint density at radius 1 is 0.955 bits per heavy atom. The smallest absolute Gasteiger partial charge is 0.449 e. The van der Waals surface area contributed by atoms with E-state index in [2.05, 4.69) is 14.8 Å². The van der Waals surface area contributed by atoms with Crippen LogP contribution in [0.15, 0.2) is 66.9 Å². The van der Waals surface area contributed by atoms with Crippen molar-refractivity contribution in [2.45, 2.75) is 37.5 Å². The molecule has 0 spiro atoms. The van der Waals surface area contributed by atoms with Crippen LogP contribution in [0.5, 0.6) is 5.75 Å². The van der Waals surface area contributed by atoms with Gasteiger partial charge in [0.15, 0.2) is 17.3 Å². The second-order valence-electron chi connectivity index (χ2n) is 10.3. The van der Waals surface area contributed by atoms with Gasteiger partial charge in [0, 0.05) is 12.1 Å². The first-order chi connectivity index (χ1) is 20.8. The fraction of sp³-hybridized carbons (Fsp3) is 0.300. The maximum Gasteiger partial charge on any atom is 0.511 e. The van der Waals surface area contributed by atoms with Gasteiger partial charge in [-0.05, 0) is 72.8 Å². The van der Waals surface area contributed by atoms with Crippen LogP contribution in [0.1, 0.15) is 36.4 Å². The highest BCUT2D eigenvalue weighted by molar-refractivity contribution is 5.82. The van der Waals surface area contributed by atoms with Crippen molar-refractivity contribution in [3.8, 4) is 34.0 Å². The van der Waals surface area contributed by atoms with E-state index in [0.717, 1.165) is 5.56 Å². The zero-order valence-electron chi connectivity index (χ0n) is 22.9. The molecular weight excluding hydrogens is 597 g/mol. The molecule has 1 N–H and O–H groups in total. The first-order valence-electron chi connectivity index (χ1n) is 13.5. The fourth-order valence-corrected chi connectivity index (χ4v) is 5.32. The molecule has 3 heterocycles. The van der Waals surface area contributed by atoms with Gasteiger partial charge in [-0.25, -0.2) is 18.9 Å². The van der Waals surface area contributed by atoms with Gasteiger partial charge in [0.05, 0.1) is 18.3 Å². The van der Waals surface area contributed by atoms with Crippen LogP contribution in [0.25, 0.3) is 28.2 Å². The summed E-state index contributed by atoms with van der Waals surface area (Å²) in [4.78, 5) is 17.0. The maximum atomic E-state index is 14.4. The molecule has 1 aliphatic rings. The molecule has 0 saturated carbocycles. The van der Waals surface area contributed by atoms with E-state index in [4.69, 9.17) is 5.11 Å². The predicted octanol–water partition coefficient (Wildman–Crippen LogP) is 7.95. The summed E-state index contributed by atoms with van der Waals surface area (Å²) >= 11 is 0. The van der Waals surface area contributed by atoms with Crippen molar-refractivity contribution in [3.05, 3.63) is 83.9 Å². The number of hydrogen-bond acceptors (Lipinski definition) is 5. The molecule has 14 heteroatoms. The summed E-state index contributed by atoms with van der Waals surface area (Å²) in [5, 5.41) is 12.5. The zero-order valence-corrected chi connectivity index (χ0v) is 22.9. The number of benzene rings is 2. The number of rotatable bonds is 7. The van der Waals surface area contributed by atoms with Gasteiger partial charge in [0.25, 0.3) is 0 Å². The minimum atomic E-state index is -5.04. The summed E-state index contributed by atoms with van der Waals surface area (Å²) in [7, 11) is 0. The summed E-state index contributed by atoms with van der Waals surface area (Å²) in [6.07, 6.45) is -9.97. The number of carbonyl (C=O) groups is 1. The highest BCUT2D eigenvalue weighted by atomic mass is 19.4. The molecule has 2 aromatic carbocycles. The van der Waals surface area contributed by atoms with Gasteiger partial charge in [0.2, 0.25) is 0 Å². The Morgan fingerprint density at radius 2 is 1.66 bits per heavy atom. The van der Waals surface area contributed by atoms with E-state index < -0.39 is 42.2 Å². The second kappa shape index (κ2) is 12.3. The normalized spacial score (nSPS) is 15.0. The number of carboxylic acid groups (broad SMARTS) is 1. The lowest BCUT2D eigenvalue weighted by molar-refractivity contribution is -0.144. The van der Waals surface area contributed by atoms with Crippen LogP contribution in [-0.4, -0.2) is 56.7 Å². The van der Waals surface area contributed by atoms with Crippen molar-refractivity contribution in [1.29, 1.82) is 0 Å². The van der Waals surface area contributed by atoms with Crippen LogP contribution in [0.4, 0.5) is 35.5 Å². The molecule has 0 atom stereocenters. The largest absolute Gasteiger partial charge is 0.511 e. The number of pyridine rings is 1. The third kappa shape index (κ3) is 7.18. The Bertz CT molecular complexity index is 1630. The standard InChI is InChI=1S/C30H25F7N4O3/c31-21-8-9-22(20-6-4-18(5-7-20)19-10-13-40(14-11-19)15-12-29(32,33)34)23(16-21)24-2-1-3-26(39-24)41-27(30(35,36)37)25(17-38-41)44-28(42)43/h1-9,16-17,19H,10-15H2,(H,42,43). The Labute approximate surface area is 246 Å². The molecule has 1 fully saturated rings. The number of alkyl halides is 6. The molecule has 0 unspecified atom stereocenters. The second-order valence-corrected chi connectivity index (χ2v) is 10.3. The topological polar surface area (TPSA) is 80.5 Å². The van der Waals surface area contributed by atoms with E-state index in [0.29, 0.717) is 53.5 Å². The lowest BCUT2D eigenvalue weighted by atomic mass is 9.88. The highest BCUT2D eigenvalue weighted by Crippen LogP contribution is 2.39. The molecule has 0 radical (unpaired) electrons. The van der Waals surface area contributed by atoms with E-state index in [1.54, 1.807) is 0 Å². The molecule has 44 heavy (non-hydrogen) atoms. The van der Waals surface area contributed by atoms with E-state index in [1.807, 2.05) is 29.2 Å². The van der Waals surface area contributed by atoms with Gasteiger partial charge in [0.1, 0.15) is 5.82 Å². The predicted molar refractivity (Wildman–Crippen MR) is 145 cm³/mol. The van der Waals surface area contributed by atoms with Gasteiger partial charge in [-0.15, -0.1) is 0 Å². The average Bonchev–Trinajstić information content (AvgIpc) is 3.40. The Morgan fingerprint density at radius 3 is 2.30 bits per heavy atom. The molecule has 0 amide bonds. The SMILES string of the molecule is O=C(O)Oc1cnn(-c2cccc(-c3cc(F)ccc3-c3ccc(C4CCN(CCC(F)(F)F)CC4)cc3)n2)c1C(F)(F)F. The summed E-state index contributed by atoms with van der Waals surface area (Å²) in [6.45, 7) is 1.10. The summed E-state index contributed by atoms with van der Waals surface area (Å²) in [5.74, 6) is -1.75. The Hall–Kier alpha value is -4.46. The molecule has 0 aliphatic carbocycles. The van der Waals surface area contributed by atoms with Crippen LogP contribution in [0.2, 0.25) is 0 Å². The maximum absolute atomic E-state index is 14.4. The number of halogens is 7. The lowest BCUT2D eigenvalue weighted by Crippen LogP contribution is -2.35. The first-order valence-corrected chi connectivity index (χ1v) is 13.5. The van der Waals surface area contributed by atoms with Crippen molar-refractivity contribution < 1.29 is 45.4 Å². The van der Waals surface area contributed by atoms with Gasteiger partial charge >= 0.3 is 18.5 Å².